The fourth-order valence-corrected chi connectivity index (χ4v) is 2.84. The maximum Gasteiger partial charge on any atom is 0.326 e. The fourth-order valence-electron chi connectivity index (χ4n) is 2.84. The highest BCUT2D eigenvalue weighted by molar-refractivity contribution is 6.03. The van der Waals surface area contributed by atoms with E-state index in [9.17, 15) is 4.79 Å². The van der Waals surface area contributed by atoms with E-state index >= 15 is 0 Å². The Bertz CT molecular complexity index is 727. The number of amides is 2. The molecule has 3 rings (SSSR count). The average molecular weight is 310 g/mol. The lowest BCUT2D eigenvalue weighted by Gasteiger charge is -2.34. The van der Waals surface area contributed by atoms with Crippen molar-refractivity contribution in [1.82, 2.24) is 0 Å². The standard InChI is InChI=1S/C19H22N2O2/c1-4-15-12-21(17-7-5-6-8-18(17)23-15)19(22)20-16-10-9-13(2)11-14(16)3/h5-11,15H,4,12H2,1-3H3,(H,20,22)/t15-/m1/s1. The van der Waals surface area contributed by atoms with Crippen LogP contribution in [0.2, 0.25) is 0 Å². The second-order valence-electron chi connectivity index (χ2n) is 5.97. The number of fused-ring (bicyclic) bond motifs is 1. The maximum atomic E-state index is 12.8. The normalized spacial score (nSPS) is 16.5. The fraction of sp³-hybridized carbons (Fsp3) is 0.316. The van der Waals surface area contributed by atoms with Crippen molar-refractivity contribution in [2.45, 2.75) is 33.3 Å². The van der Waals surface area contributed by atoms with Gasteiger partial charge in [-0.15, -0.1) is 0 Å². The molecule has 0 fully saturated rings. The number of rotatable bonds is 2. The lowest BCUT2D eigenvalue weighted by Crippen LogP contribution is -2.45. The zero-order chi connectivity index (χ0) is 16.4. The van der Waals surface area contributed by atoms with Crippen molar-refractivity contribution in [3.63, 3.8) is 0 Å². The van der Waals surface area contributed by atoms with Crippen molar-refractivity contribution in [3.8, 4) is 5.75 Å². The van der Waals surface area contributed by atoms with Gasteiger partial charge in [0.1, 0.15) is 11.9 Å². The molecule has 0 aromatic heterocycles. The van der Waals surface area contributed by atoms with Crippen LogP contribution < -0.4 is 15.0 Å². The van der Waals surface area contributed by atoms with Crippen LogP contribution in [0, 0.1) is 13.8 Å². The molecule has 2 aromatic carbocycles. The van der Waals surface area contributed by atoms with Crippen molar-refractivity contribution in [1.29, 1.82) is 0 Å². The summed E-state index contributed by atoms with van der Waals surface area (Å²) < 4.78 is 5.93. The average Bonchev–Trinajstić information content (AvgIpc) is 2.56. The summed E-state index contributed by atoms with van der Waals surface area (Å²) in [6.07, 6.45) is 0.886. The number of hydrogen-bond donors (Lipinski definition) is 1. The lowest BCUT2D eigenvalue weighted by atomic mass is 10.1. The number of nitrogens with zero attached hydrogens (tertiary/aromatic N) is 1. The van der Waals surface area contributed by atoms with E-state index in [1.54, 1.807) is 4.90 Å². The van der Waals surface area contributed by atoms with Crippen LogP contribution in [0.5, 0.6) is 5.75 Å². The summed E-state index contributed by atoms with van der Waals surface area (Å²) in [5.74, 6) is 0.765. The van der Waals surface area contributed by atoms with Crippen molar-refractivity contribution < 1.29 is 9.53 Å². The molecule has 1 atom stereocenters. The molecule has 1 aliphatic heterocycles. The first-order chi connectivity index (χ1) is 11.1. The Kier molecular flexibility index (Phi) is 4.24. The predicted molar refractivity (Wildman–Crippen MR) is 93.4 cm³/mol. The van der Waals surface area contributed by atoms with E-state index in [0.29, 0.717) is 6.54 Å². The van der Waals surface area contributed by atoms with Crippen LogP contribution in [0.4, 0.5) is 16.2 Å². The Labute approximate surface area is 137 Å². The highest BCUT2D eigenvalue weighted by atomic mass is 16.5. The lowest BCUT2D eigenvalue weighted by molar-refractivity contribution is 0.188. The molecule has 1 aliphatic rings. The molecule has 120 valence electrons. The molecular formula is C19H22N2O2. The van der Waals surface area contributed by atoms with Gasteiger partial charge in [0.15, 0.2) is 0 Å². The van der Waals surface area contributed by atoms with Gasteiger partial charge in [-0.05, 0) is 44.0 Å². The number of aryl methyl sites for hydroxylation is 2. The maximum absolute atomic E-state index is 12.8. The van der Waals surface area contributed by atoms with E-state index in [1.165, 1.54) is 5.56 Å². The van der Waals surface area contributed by atoms with E-state index in [0.717, 1.165) is 29.1 Å². The van der Waals surface area contributed by atoms with Gasteiger partial charge < -0.3 is 10.1 Å². The first-order valence-electron chi connectivity index (χ1n) is 8.00. The van der Waals surface area contributed by atoms with Gasteiger partial charge in [-0.25, -0.2) is 4.79 Å². The van der Waals surface area contributed by atoms with Crippen molar-refractivity contribution in [2.75, 3.05) is 16.8 Å². The summed E-state index contributed by atoms with van der Waals surface area (Å²) in [7, 11) is 0. The topological polar surface area (TPSA) is 41.6 Å². The highest BCUT2D eigenvalue weighted by Gasteiger charge is 2.28. The molecule has 0 saturated carbocycles. The molecule has 0 aliphatic carbocycles. The molecule has 2 aromatic rings. The molecule has 4 nitrogen and oxygen atoms in total. The highest BCUT2D eigenvalue weighted by Crippen LogP contribution is 2.34. The van der Waals surface area contributed by atoms with Crippen LogP contribution >= 0.6 is 0 Å². The molecule has 4 heteroatoms. The summed E-state index contributed by atoms with van der Waals surface area (Å²) in [5, 5.41) is 3.02. The Morgan fingerprint density at radius 1 is 1.26 bits per heavy atom. The smallest absolute Gasteiger partial charge is 0.326 e. The van der Waals surface area contributed by atoms with E-state index in [4.69, 9.17) is 4.74 Å². The monoisotopic (exact) mass is 310 g/mol. The molecule has 2 amide bonds. The second-order valence-corrected chi connectivity index (χ2v) is 5.97. The van der Waals surface area contributed by atoms with E-state index in [2.05, 4.69) is 18.3 Å². The summed E-state index contributed by atoms with van der Waals surface area (Å²) >= 11 is 0. The molecule has 0 unspecified atom stereocenters. The number of para-hydroxylation sites is 2. The third kappa shape index (κ3) is 3.16. The van der Waals surface area contributed by atoms with Crippen molar-refractivity contribution >= 4 is 17.4 Å². The first-order valence-corrected chi connectivity index (χ1v) is 8.00. The number of carbonyl (C=O) groups is 1. The minimum absolute atomic E-state index is 0.0229. The molecule has 0 bridgehead atoms. The predicted octanol–water partition coefficient (Wildman–Crippen LogP) is 4.51. The van der Waals surface area contributed by atoms with Crippen LogP contribution in [-0.2, 0) is 0 Å². The van der Waals surface area contributed by atoms with Crippen LogP contribution in [0.3, 0.4) is 0 Å². The van der Waals surface area contributed by atoms with Crippen LogP contribution in [-0.4, -0.2) is 18.7 Å². The number of benzene rings is 2. The van der Waals surface area contributed by atoms with Gasteiger partial charge in [-0.2, -0.15) is 0 Å². The Morgan fingerprint density at radius 3 is 2.78 bits per heavy atom. The van der Waals surface area contributed by atoms with Gasteiger partial charge in [0.25, 0.3) is 0 Å². The summed E-state index contributed by atoms with van der Waals surface area (Å²) in [6, 6.07) is 13.6. The number of hydrogen-bond acceptors (Lipinski definition) is 2. The molecule has 1 N–H and O–H groups in total. The molecule has 0 spiro atoms. The molecule has 0 radical (unpaired) electrons. The zero-order valence-electron chi connectivity index (χ0n) is 13.8. The van der Waals surface area contributed by atoms with Crippen LogP contribution in [0.1, 0.15) is 24.5 Å². The number of urea groups is 1. The third-order valence-corrected chi connectivity index (χ3v) is 4.16. The quantitative estimate of drug-likeness (QED) is 0.886. The largest absolute Gasteiger partial charge is 0.486 e. The number of anilines is 2. The van der Waals surface area contributed by atoms with Crippen LogP contribution in [0.15, 0.2) is 42.5 Å². The van der Waals surface area contributed by atoms with Crippen molar-refractivity contribution in [2.24, 2.45) is 0 Å². The summed E-state index contributed by atoms with van der Waals surface area (Å²) in [4.78, 5) is 14.6. The van der Waals surface area contributed by atoms with Gasteiger partial charge in [0.2, 0.25) is 0 Å². The number of ether oxygens (including phenoxy) is 1. The first kappa shape index (κ1) is 15.4. The van der Waals surface area contributed by atoms with Crippen molar-refractivity contribution in [3.05, 3.63) is 53.6 Å². The Hall–Kier alpha value is -2.49. The summed E-state index contributed by atoms with van der Waals surface area (Å²) in [5.41, 5.74) is 3.91. The summed E-state index contributed by atoms with van der Waals surface area (Å²) in [6.45, 7) is 6.68. The number of nitrogens with one attached hydrogen (secondary N) is 1. The second kappa shape index (κ2) is 6.32. The van der Waals surface area contributed by atoms with Gasteiger partial charge in [-0.1, -0.05) is 36.8 Å². The van der Waals surface area contributed by atoms with Gasteiger partial charge in [0, 0.05) is 5.69 Å². The van der Waals surface area contributed by atoms with Gasteiger partial charge in [-0.3, -0.25) is 4.90 Å². The molecule has 23 heavy (non-hydrogen) atoms. The SMILES string of the molecule is CC[C@@H]1CN(C(=O)Nc2ccc(C)cc2C)c2ccccc2O1. The minimum atomic E-state index is -0.119. The Balaban J connectivity index is 1.86. The van der Waals surface area contributed by atoms with Gasteiger partial charge in [0.05, 0.1) is 12.2 Å². The molecular weight excluding hydrogens is 288 g/mol. The van der Waals surface area contributed by atoms with Crippen LogP contribution in [0.25, 0.3) is 0 Å². The molecule has 0 saturated heterocycles. The van der Waals surface area contributed by atoms with Gasteiger partial charge >= 0.3 is 6.03 Å². The Morgan fingerprint density at radius 2 is 2.04 bits per heavy atom. The molecule has 1 heterocycles. The number of carbonyl (C=O) groups excluding carboxylic acids is 1. The van der Waals surface area contributed by atoms with E-state index in [1.807, 2.05) is 50.2 Å². The zero-order valence-corrected chi connectivity index (χ0v) is 13.8. The third-order valence-electron chi connectivity index (χ3n) is 4.16. The minimum Gasteiger partial charge on any atom is -0.486 e. The van der Waals surface area contributed by atoms with E-state index < -0.39 is 0 Å². The van der Waals surface area contributed by atoms with E-state index in [-0.39, 0.29) is 12.1 Å².